The minimum Gasteiger partial charge on any atom is -0.493 e. The maximum atomic E-state index is 6.42. The average Bonchev–Trinajstić information content (AvgIpc) is 3.45. The molecule has 0 N–H and O–H groups in total. The van der Waals surface area contributed by atoms with Crippen LogP contribution in [0, 0.1) is 0 Å². The number of pyridine rings is 1. The van der Waals surface area contributed by atoms with Crippen molar-refractivity contribution in [1.82, 2.24) is 9.99 Å². The standard InChI is InChI=1S/C23H19N3O4/c1-27-20-6-2-5-16-18-11-17(14-7-8-19-21(10-14)29-13-28-19)25-26(18)23(30-22(16)20)15-4-3-9-24-12-15/h2-10,12,18,23H,11,13H2,1H3/t18-,23-/m1/s1. The Balaban J connectivity index is 1.45. The third-order valence-electron chi connectivity index (χ3n) is 5.68. The fraction of sp³-hybridized carbons (Fsp3) is 0.217. The molecule has 0 bridgehead atoms. The summed E-state index contributed by atoms with van der Waals surface area (Å²) in [6.45, 7) is 0.254. The molecule has 150 valence electrons. The second kappa shape index (κ2) is 6.66. The van der Waals surface area contributed by atoms with Crippen LogP contribution in [0.25, 0.3) is 0 Å². The first-order chi connectivity index (χ1) is 14.8. The molecule has 4 heterocycles. The molecule has 7 nitrogen and oxygen atoms in total. The van der Waals surface area contributed by atoms with Crippen molar-refractivity contribution in [2.24, 2.45) is 5.10 Å². The molecule has 7 heteroatoms. The van der Waals surface area contributed by atoms with E-state index in [9.17, 15) is 0 Å². The lowest BCUT2D eigenvalue weighted by molar-refractivity contribution is -0.0211. The Morgan fingerprint density at radius 1 is 1.07 bits per heavy atom. The van der Waals surface area contributed by atoms with Gasteiger partial charge in [0.2, 0.25) is 13.0 Å². The molecule has 0 saturated heterocycles. The maximum absolute atomic E-state index is 6.42. The largest absolute Gasteiger partial charge is 0.493 e. The van der Waals surface area contributed by atoms with Gasteiger partial charge in [-0.25, -0.2) is 5.01 Å². The monoisotopic (exact) mass is 401 g/mol. The Kier molecular flexibility index (Phi) is 3.80. The number of nitrogens with zero attached hydrogens (tertiary/aromatic N) is 3. The van der Waals surface area contributed by atoms with Crippen molar-refractivity contribution in [3.8, 4) is 23.0 Å². The molecule has 0 radical (unpaired) electrons. The number of rotatable bonds is 3. The highest BCUT2D eigenvalue weighted by Crippen LogP contribution is 2.50. The van der Waals surface area contributed by atoms with Crippen LogP contribution in [0.15, 0.2) is 66.0 Å². The van der Waals surface area contributed by atoms with Crippen molar-refractivity contribution in [1.29, 1.82) is 0 Å². The minimum atomic E-state index is -0.390. The van der Waals surface area contributed by atoms with Crippen LogP contribution in [0.5, 0.6) is 23.0 Å². The zero-order valence-corrected chi connectivity index (χ0v) is 16.3. The van der Waals surface area contributed by atoms with E-state index in [0.717, 1.165) is 51.8 Å². The van der Waals surface area contributed by atoms with Gasteiger partial charge in [0.25, 0.3) is 0 Å². The van der Waals surface area contributed by atoms with Gasteiger partial charge in [0, 0.05) is 35.5 Å². The SMILES string of the molecule is COc1cccc2c1O[C@H](c1cccnc1)N1N=C(c3ccc4c(c3)OCO4)C[C@H]21. The average molecular weight is 401 g/mol. The predicted molar refractivity (Wildman–Crippen MR) is 109 cm³/mol. The van der Waals surface area contributed by atoms with Crippen LogP contribution in [0.3, 0.4) is 0 Å². The van der Waals surface area contributed by atoms with Crippen molar-refractivity contribution < 1.29 is 18.9 Å². The first kappa shape index (κ1) is 17.1. The highest BCUT2D eigenvalue weighted by molar-refractivity contribution is 6.02. The van der Waals surface area contributed by atoms with E-state index in [1.54, 1.807) is 13.3 Å². The van der Waals surface area contributed by atoms with Crippen molar-refractivity contribution >= 4 is 5.71 Å². The van der Waals surface area contributed by atoms with E-state index >= 15 is 0 Å². The molecular formula is C23H19N3O4. The molecule has 3 aliphatic heterocycles. The van der Waals surface area contributed by atoms with Gasteiger partial charge in [-0.15, -0.1) is 0 Å². The molecule has 3 aliphatic rings. The summed E-state index contributed by atoms with van der Waals surface area (Å²) in [5.74, 6) is 3.00. The van der Waals surface area contributed by atoms with Gasteiger partial charge in [-0.2, -0.15) is 5.10 Å². The van der Waals surface area contributed by atoms with Crippen LogP contribution in [0.2, 0.25) is 0 Å². The van der Waals surface area contributed by atoms with E-state index in [4.69, 9.17) is 24.0 Å². The molecule has 0 unspecified atom stereocenters. The summed E-state index contributed by atoms with van der Waals surface area (Å²) in [4.78, 5) is 4.27. The topological polar surface area (TPSA) is 65.4 Å². The molecule has 0 amide bonds. The van der Waals surface area contributed by atoms with E-state index in [2.05, 4.69) is 11.1 Å². The molecule has 0 aliphatic carbocycles. The molecule has 0 saturated carbocycles. The van der Waals surface area contributed by atoms with Crippen LogP contribution in [0.4, 0.5) is 0 Å². The van der Waals surface area contributed by atoms with Gasteiger partial charge >= 0.3 is 0 Å². The molecule has 3 aromatic rings. The molecule has 0 spiro atoms. The fourth-order valence-electron chi connectivity index (χ4n) is 4.24. The van der Waals surface area contributed by atoms with Crippen LogP contribution >= 0.6 is 0 Å². The highest BCUT2D eigenvalue weighted by atomic mass is 16.7. The second-order valence-corrected chi connectivity index (χ2v) is 7.35. The molecule has 0 fully saturated rings. The lowest BCUT2D eigenvalue weighted by atomic mass is 9.95. The fourth-order valence-corrected chi connectivity index (χ4v) is 4.24. The van der Waals surface area contributed by atoms with Gasteiger partial charge in [0.1, 0.15) is 0 Å². The lowest BCUT2D eigenvalue weighted by Gasteiger charge is -2.38. The van der Waals surface area contributed by atoms with Crippen molar-refractivity contribution in [3.05, 3.63) is 77.6 Å². The Bertz CT molecular complexity index is 1150. The van der Waals surface area contributed by atoms with E-state index in [-0.39, 0.29) is 19.1 Å². The lowest BCUT2D eigenvalue weighted by Crippen LogP contribution is -2.33. The van der Waals surface area contributed by atoms with Crippen LogP contribution in [0.1, 0.15) is 35.4 Å². The Morgan fingerprint density at radius 3 is 2.87 bits per heavy atom. The first-order valence-electron chi connectivity index (χ1n) is 9.81. The highest BCUT2D eigenvalue weighted by Gasteiger charge is 2.42. The Morgan fingerprint density at radius 2 is 2.00 bits per heavy atom. The van der Waals surface area contributed by atoms with Gasteiger partial charge in [0.05, 0.1) is 18.9 Å². The summed E-state index contributed by atoms with van der Waals surface area (Å²) in [7, 11) is 1.66. The Hall–Kier alpha value is -3.74. The number of fused-ring (bicyclic) bond motifs is 4. The zero-order chi connectivity index (χ0) is 20.1. The summed E-state index contributed by atoms with van der Waals surface area (Å²) in [6, 6.07) is 15.9. The smallest absolute Gasteiger partial charge is 0.231 e. The van der Waals surface area contributed by atoms with Gasteiger partial charge in [-0.3, -0.25) is 4.98 Å². The summed E-state index contributed by atoms with van der Waals surface area (Å²) >= 11 is 0. The third-order valence-corrected chi connectivity index (χ3v) is 5.68. The number of para-hydroxylation sites is 1. The Labute approximate surface area is 173 Å². The third kappa shape index (κ3) is 2.58. The van der Waals surface area contributed by atoms with Crippen LogP contribution in [-0.4, -0.2) is 29.6 Å². The summed E-state index contributed by atoms with van der Waals surface area (Å²) in [5.41, 5.74) is 4.00. The van der Waals surface area contributed by atoms with E-state index in [1.807, 2.05) is 53.7 Å². The molecule has 1 aromatic heterocycles. The normalized spacial score (nSPS) is 20.8. The number of aromatic nitrogens is 1. The molecular weight excluding hydrogens is 382 g/mol. The quantitative estimate of drug-likeness (QED) is 0.659. The minimum absolute atomic E-state index is 0.0366. The zero-order valence-electron chi connectivity index (χ0n) is 16.3. The van der Waals surface area contributed by atoms with E-state index in [0.29, 0.717) is 0 Å². The number of ether oxygens (including phenoxy) is 4. The van der Waals surface area contributed by atoms with E-state index in [1.165, 1.54) is 0 Å². The van der Waals surface area contributed by atoms with Crippen molar-refractivity contribution in [2.75, 3.05) is 13.9 Å². The second-order valence-electron chi connectivity index (χ2n) is 7.35. The van der Waals surface area contributed by atoms with Gasteiger partial charge in [-0.05, 0) is 30.3 Å². The first-order valence-corrected chi connectivity index (χ1v) is 9.81. The van der Waals surface area contributed by atoms with Crippen molar-refractivity contribution in [3.63, 3.8) is 0 Å². The molecule has 6 rings (SSSR count). The molecule has 2 aromatic carbocycles. The number of hydrogen-bond acceptors (Lipinski definition) is 7. The number of methoxy groups -OCH3 is 1. The predicted octanol–water partition coefficient (Wildman–Crippen LogP) is 4.06. The molecule has 30 heavy (non-hydrogen) atoms. The molecule has 2 atom stereocenters. The number of benzene rings is 2. The summed E-state index contributed by atoms with van der Waals surface area (Å²) < 4.78 is 23.0. The van der Waals surface area contributed by atoms with Gasteiger partial charge in [-0.1, -0.05) is 18.2 Å². The van der Waals surface area contributed by atoms with Crippen LogP contribution in [-0.2, 0) is 0 Å². The van der Waals surface area contributed by atoms with Crippen molar-refractivity contribution in [2.45, 2.75) is 18.7 Å². The number of hydrogen-bond donors (Lipinski definition) is 0. The van der Waals surface area contributed by atoms with E-state index < -0.39 is 0 Å². The number of hydrazone groups is 1. The summed E-state index contributed by atoms with van der Waals surface area (Å²) in [6.07, 6.45) is 3.93. The van der Waals surface area contributed by atoms with Gasteiger partial charge in [0.15, 0.2) is 23.0 Å². The van der Waals surface area contributed by atoms with Gasteiger partial charge < -0.3 is 18.9 Å². The summed E-state index contributed by atoms with van der Waals surface area (Å²) in [5, 5.41) is 7.00. The maximum Gasteiger partial charge on any atom is 0.231 e. The van der Waals surface area contributed by atoms with Crippen LogP contribution < -0.4 is 18.9 Å².